The summed E-state index contributed by atoms with van der Waals surface area (Å²) in [5.41, 5.74) is 1.63. The molecule has 0 heterocycles. The predicted molar refractivity (Wildman–Crippen MR) is 112 cm³/mol. The van der Waals surface area contributed by atoms with E-state index in [-0.39, 0.29) is 12.7 Å². The minimum absolute atomic E-state index is 0.0269. The molecule has 0 aromatic carbocycles. The Kier molecular flexibility index (Phi) is 11.9. The third-order valence-electron chi connectivity index (χ3n) is 4.60. The van der Waals surface area contributed by atoms with Gasteiger partial charge in [-0.05, 0) is 29.6 Å². The van der Waals surface area contributed by atoms with E-state index in [1.54, 1.807) is 6.08 Å². The summed E-state index contributed by atoms with van der Waals surface area (Å²) in [6, 6.07) is 0. The van der Waals surface area contributed by atoms with Gasteiger partial charge >= 0.3 is 11.9 Å². The standard InChI is InChI=1S/C21H36O5Si/c1-16(2)27(17(3)4,18(5)6)26-19(7)12-10-9-11-15-25-21(23)14-13-20(22)24-8/h9-14,16-19H,15H2,1-8H3/b11-9+,12-10+,14-13-/t19-/m0/s1. The van der Waals surface area contributed by atoms with Gasteiger partial charge in [0, 0.05) is 12.2 Å². The highest BCUT2D eigenvalue weighted by atomic mass is 28.4. The van der Waals surface area contributed by atoms with Crippen LogP contribution in [0.4, 0.5) is 0 Å². The Bertz CT molecular complexity index is 525. The van der Waals surface area contributed by atoms with Gasteiger partial charge in [-0.2, -0.15) is 0 Å². The zero-order valence-corrected chi connectivity index (χ0v) is 19.0. The molecular formula is C21H36O5Si. The molecule has 1 atom stereocenters. The number of allylic oxidation sites excluding steroid dienone is 2. The molecule has 0 rings (SSSR count). The highest BCUT2D eigenvalue weighted by Crippen LogP contribution is 2.43. The molecule has 0 aromatic heterocycles. The monoisotopic (exact) mass is 396 g/mol. The summed E-state index contributed by atoms with van der Waals surface area (Å²) in [6.07, 6.45) is 9.57. The second kappa shape index (κ2) is 12.7. The molecule has 5 nitrogen and oxygen atoms in total. The van der Waals surface area contributed by atoms with Gasteiger partial charge < -0.3 is 13.9 Å². The molecule has 0 bridgehead atoms. The Morgan fingerprint density at radius 3 is 1.85 bits per heavy atom. The van der Waals surface area contributed by atoms with Crippen LogP contribution in [0.15, 0.2) is 36.5 Å². The smallest absolute Gasteiger partial charge is 0.331 e. The van der Waals surface area contributed by atoms with Crippen LogP contribution in [0.5, 0.6) is 0 Å². The van der Waals surface area contributed by atoms with Crippen molar-refractivity contribution in [1.29, 1.82) is 0 Å². The molecule has 0 fully saturated rings. The quantitative estimate of drug-likeness (QED) is 0.214. The minimum Gasteiger partial charge on any atom is -0.466 e. The second-order valence-corrected chi connectivity index (χ2v) is 12.8. The van der Waals surface area contributed by atoms with Gasteiger partial charge in [-0.1, -0.05) is 59.8 Å². The van der Waals surface area contributed by atoms with E-state index in [4.69, 9.17) is 9.16 Å². The molecule has 0 aliphatic carbocycles. The molecule has 0 aliphatic rings. The molecule has 27 heavy (non-hydrogen) atoms. The van der Waals surface area contributed by atoms with Crippen LogP contribution >= 0.6 is 0 Å². The first-order chi connectivity index (χ1) is 12.6. The van der Waals surface area contributed by atoms with Gasteiger partial charge in [-0.25, -0.2) is 9.59 Å². The average Bonchev–Trinajstić information content (AvgIpc) is 2.59. The summed E-state index contributed by atoms with van der Waals surface area (Å²) in [5, 5.41) is 0. The fraction of sp³-hybridized carbons (Fsp3) is 0.619. The Hall–Kier alpha value is -1.66. The Morgan fingerprint density at radius 2 is 1.37 bits per heavy atom. The molecule has 0 amide bonds. The third kappa shape index (κ3) is 8.71. The van der Waals surface area contributed by atoms with Crippen LogP contribution < -0.4 is 0 Å². The maximum absolute atomic E-state index is 11.4. The molecule has 0 saturated heterocycles. The Balaban J connectivity index is 4.57. The summed E-state index contributed by atoms with van der Waals surface area (Å²) in [5.74, 6) is -1.18. The normalized spacial score (nSPS) is 14.2. The van der Waals surface area contributed by atoms with E-state index in [1.807, 2.05) is 18.2 Å². The lowest BCUT2D eigenvalue weighted by Gasteiger charge is -2.43. The van der Waals surface area contributed by atoms with Crippen molar-refractivity contribution in [2.45, 2.75) is 71.2 Å². The third-order valence-corrected chi connectivity index (χ3v) is 10.8. The van der Waals surface area contributed by atoms with E-state index in [1.165, 1.54) is 7.11 Å². The zero-order valence-electron chi connectivity index (χ0n) is 18.0. The van der Waals surface area contributed by atoms with Crippen molar-refractivity contribution >= 4 is 20.3 Å². The maximum atomic E-state index is 11.4. The fourth-order valence-electron chi connectivity index (χ4n) is 3.51. The molecule has 0 saturated carbocycles. The molecule has 0 aromatic rings. The van der Waals surface area contributed by atoms with Crippen LogP contribution in [0, 0.1) is 0 Å². The Morgan fingerprint density at radius 1 is 0.852 bits per heavy atom. The largest absolute Gasteiger partial charge is 0.466 e. The maximum Gasteiger partial charge on any atom is 0.331 e. The number of ether oxygens (including phenoxy) is 2. The molecule has 0 aliphatic heterocycles. The van der Waals surface area contributed by atoms with Crippen molar-refractivity contribution in [3.63, 3.8) is 0 Å². The Labute approximate surface area is 165 Å². The van der Waals surface area contributed by atoms with Crippen LogP contribution in [0.2, 0.25) is 16.6 Å². The topological polar surface area (TPSA) is 61.8 Å². The number of carbonyl (C=O) groups is 2. The number of methoxy groups -OCH3 is 1. The number of carbonyl (C=O) groups excluding carboxylic acids is 2. The molecule has 0 spiro atoms. The van der Waals surface area contributed by atoms with E-state index in [9.17, 15) is 9.59 Å². The summed E-state index contributed by atoms with van der Waals surface area (Å²) >= 11 is 0. The van der Waals surface area contributed by atoms with Crippen LogP contribution in [0.1, 0.15) is 48.5 Å². The van der Waals surface area contributed by atoms with Gasteiger partial charge in [0.1, 0.15) is 6.61 Å². The van der Waals surface area contributed by atoms with Crippen LogP contribution in [0.25, 0.3) is 0 Å². The van der Waals surface area contributed by atoms with Crippen molar-refractivity contribution in [2.24, 2.45) is 0 Å². The molecule has 6 heteroatoms. The van der Waals surface area contributed by atoms with Crippen molar-refractivity contribution < 1.29 is 23.5 Å². The lowest BCUT2D eigenvalue weighted by atomic mass is 10.3. The van der Waals surface area contributed by atoms with E-state index in [0.717, 1.165) is 12.2 Å². The first-order valence-electron chi connectivity index (χ1n) is 9.51. The van der Waals surface area contributed by atoms with E-state index in [0.29, 0.717) is 16.6 Å². The van der Waals surface area contributed by atoms with E-state index < -0.39 is 20.3 Å². The van der Waals surface area contributed by atoms with Gasteiger partial charge in [0.2, 0.25) is 8.32 Å². The lowest BCUT2D eigenvalue weighted by Crippen LogP contribution is -2.49. The lowest BCUT2D eigenvalue weighted by molar-refractivity contribution is -0.138. The fourth-order valence-corrected chi connectivity index (χ4v) is 9.05. The highest BCUT2D eigenvalue weighted by Gasteiger charge is 2.45. The zero-order chi connectivity index (χ0) is 21.0. The van der Waals surface area contributed by atoms with Crippen LogP contribution in [0.3, 0.4) is 0 Å². The highest BCUT2D eigenvalue weighted by molar-refractivity contribution is 6.77. The van der Waals surface area contributed by atoms with Gasteiger partial charge in [-0.3, -0.25) is 0 Å². The number of hydrogen-bond acceptors (Lipinski definition) is 5. The first-order valence-corrected chi connectivity index (χ1v) is 11.7. The number of esters is 2. The van der Waals surface area contributed by atoms with Gasteiger partial charge in [0.15, 0.2) is 0 Å². The van der Waals surface area contributed by atoms with E-state index in [2.05, 4.69) is 53.2 Å². The SMILES string of the molecule is COC(=O)/C=C\C(=O)OC/C=C/C=C/[C@H](C)O[Si](C(C)C)(C(C)C)C(C)C. The first kappa shape index (κ1) is 25.3. The molecule has 0 N–H and O–H groups in total. The summed E-state index contributed by atoms with van der Waals surface area (Å²) in [6.45, 7) is 15.8. The summed E-state index contributed by atoms with van der Waals surface area (Å²) in [7, 11) is -0.649. The van der Waals surface area contributed by atoms with Crippen molar-refractivity contribution in [3.8, 4) is 0 Å². The van der Waals surface area contributed by atoms with Gasteiger partial charge in [-0.15, -0.1) is 0 Å². The van der Waals surface area contributed by atoms with Crippen molar-refractivity contribution in [1.82, 2.24) is 0 Å². The van der Waals surface area contributed by atoms with Crippen LogP contribution in [-0.4, -0.2) is 40.1 Å². The number of hydrogen-bond donors (Lipinski definition) is 0. The van der Waals surface area contributed by atoms with Crippen molar-refractivity contribution in [3.05, 3.63) is 36.5 Å². The summed E-state index contributed by atoms with van der Waals surface area (Å²) < 4.78 is 15.9. The number of rotatable bonds is 11. The molecular weight excluding hydrogens is 360 g/mol. The molecule has 154 valence electrons. The van der Waals surface area contributed by atoms with Crippen LogP contribution in [-0.2, 0) is 23.5 Å². The second-order valence-electron chi connectivity index (χ2n) is 7.44. The van der Waals surface area contributed by atoms with Crippen molar-refractivity contribution in [2.75, 3.05) is 13.7 Å². The molecule has 0 unspecified atom stereocenters. The minimum atomic E-state index is -1.89. The van der Waals surface area contributed by atoms with Gasteiger partial charge in [0.05, 0.1) is 13.2 Å². The molecule has 0 radical (unpaired) electrons. The summed E-state index contributed by atoms with van der Waals surface area (Å²) in [4.78, 5) is 22.2. The van der Waals surface area contributed by atoms with E-state index >= 15 is 0 Å². The van der Waals surface area contributed by atoms with Gasteiger partial charge in [0.25, 0.3) is 0 Å². The average molecular weight is 397 g/mol. The predicted octanol–water partition coefficient (Wildman–Crippen LogP) is 4.95.